The molecule has 19 heavy (non-hydrogen) atoms. The summed E-state index contributed by atoms with van der Waals surface area (Å²) in [5.74, 6) is 1.17. The molecule has 2 N–H and O–H groups in total. The second kappa shape index (κ2) is 5.88. The first kappa shape index (κ1) is 13.6. The number of carbonyl (C=O) groups is 1. The van der Waals surface area contributed by atoms with Crippen molar-refractivity contribution in [2.24, 2.45) is 0 Å². The molecule has 1 heterocycles. The van der Waals surface area contributed by atoms with Gasteiger partial charge in [0, 0.05) is 16.9 Å². The summed E-state index contributed by atoms with van der Waals surface area (Å²) in [6, 6.07) is 5.07. The Balaban J connectivity index is 2.16. The third-order valence-electron chi connectivity index (χ3n) is 2.70. The molecule has 0 fully saturated rings. The van der Waals surface area contributed by atoms with Crippen LogP contribution in [0.1, 0.15) is 29.1 Å². The zero-order valence-corrected chi connectivity index (χ0v) is 12.2. The molecule has 0 spiro atoms. The van der Waals surface area contributed by atoms with Crippen LogP contribution in [0.3, 0.4) is 0 Å². The van der Waals surface area contributed by atoms with E-state index in [1.165, 1.54) is 0 Å². The molecule has 1 unspecified atom stereocenters. The lowest BCUT2D eigenvalue weighted by atomic mass is 10.2. The topological polar surface area (TPSA) is 67.0 Å². The van der Waals surface area contributed by atoms with E-state index >= 15 is 0 Å². The molecule has 100 valence electrons. The highest BCUT2D eigenvalue weighted by atomic mass is 79.9. The van der Waals surface area contributed by atoms with Gasteiger partial charge in [0.15, 0.2) is 0 Å². The van der Waals surface area contributed by atoms with Gasteiger partial charge in [-0.3, -0.25) is 4.79 Å². The maximum absolute atomic E-state index is 12.2. The quantitative estimate of drug-likeness (QED) is 0.909. The van der Waals surface area contributed by atoms with E-state index in [0.717, 1.165) is 4.47 Å². The number of ether oxygens (including phenoxy) is 1. The van der Waals surface area contributed by atoms with E-state index in [0.29, 0.717) is 17.1 Å². The Morgan fingerprint density at radius 1 is 1.53 bits per heavy atom. The van der Waals surface area contributed by atoms with Gasteiger partial charge in [0.2, 0.25) is 0 Å². The van der Waals surface area contributed by atoms with Crippen LogP contribution in [0.15, 0.2) is 35.1 Å². The SMILES string of the molecule is COc1ccc(Br)c(C(=O)NC(C)c2ncc[nH]2)c1. The molecule has 0 radical (unpaired) electrons. The van der Waals surface area contributed by atoms with Gasteiger partial charge in [0.25, 0.3) is 5.91 Å². The number of methoxy groups -OCH3 is 1. The number of halogens is 1. The average molecular weight is 324 g/mol. The molecular weight excluding hydrogens is 310 g/mol. The summed E-state index contributed by atoms with van der Waals surface area (Å²) in [6.45, 7) is 1.87. The molecule has 1 atom stereocenters. The Labute approximate surface area is 119 Å². The lowest BCUT2D eigenvalue weighted by molar-refractivity contribution is 0.0937. The maximum atomic E-state index is 12.2. The predicted octanol–water partition coefficient (Wildman–Crippen LogP) is 2.67. The standard InChI is InChI=1S/C13H14BrN3O2/c1-8(12-15-5-6-16-12)17-13(18)10-7-9(19-2)3-4-11(10)14/h3-8H,1-2H3,(H,15,16)(H,17,18). The Morgan fingerprint density at radius 2 is 2.32 bits per heavy atom. The zero-order valence-electron chi connectivity index (χ0n) is 10.6. The van der Waals surface area contributed by atoms with Crippen LogP contribution in [0.2, 0.25) is 0 Å². The van der Waals surface area contributed by atoms with Crippen molar-refractivity contribution in [2.45, 2.75) is 13.0 Å². The number of H-pyrrole nitrogens is 1. The molecule has 6 heteroatoms. The normalized spacial score (nSPS) is 11.9. The number of hydrogen-bond acceptors (Lipinski definition) is 3. The molecule has 5 nitrogen and oxygen atoms in total. The molecule has 2 rings (SSSR count). The van der Waals surface area contributed by atoms with Crippen molar-refractivity contribution in [2.75, 3.05) is 7.11 Å². The first-order chi connectivity index (χ1) is 9.11. The van der Waals surface area contributed by atoms with Crippen LogP contribution in [0.4, 0.5) is 0 Å². The Hall–Kier alpha value is -1.82. The molecule has 0 aliphatic rings. The van der Waals surface area contributed by atoms with Crippen molar-refractivity contribution >= 4 is 21.8 Å². The molecule has 1 amide bonds. The average Bonchev–Trinajstić information content (AvgIpc) is 2.93. The lowest BCUT2D eigenvalue weighted by Crippen LogP contribution is -2.27. The molecule has 2 aromatic rings. The highest BCUT2D eigenvalue weighted by Gasteiger charge is 2.16. The van der Waals surface area contributed by atoms with Gasteiger partial charge in [0.1, 0.15) is 11.6 Å². The lowest BCUT2D eigenvalue weighted by Gasteiger charge is -2.13. The first-order valence-electron chi connectivity index (χ1n) is 5.75. The first-order valence-corrected chi connectivity index (χ1v) is 6.55. The smallest absolute Gasteiger partial charge is 0.253 e. The van der Waals surface area contributed by atoms with Crippen LogP contribution < -0.4 is 10.1 Å². The summed E-state index contributed by atoms with van der Waals surface area (Å²) in [4.78, 5) is 19.3. The Morgan fingerprint density at radius 3 is 2.95 bits per heavy atom. The van der Waals surface area contributed by atoms with Gasteiger partial charge in [-0.25, -0.2) is 4.98 Å². The minimum absolute atomic E-state index is 0.185. The number of aromatic nitrogens is 2. The predicted molar refractivity (Wildman–Crippen MR) is 75.2 cm³/mol. The number of carbonyl (C=O) groups excluding carboxylic acids is 1. The van der Waals surface area contributed by atoms with Crippen LogP contribution >= 0.6 is 15.9 Å². The number of nitrogens with one attached hydrogen (secondary N) is 2. The summed E-state index contributed by atoms with van der Waals surface area (Å²) < 4.78 is 5.84. The van der Waals surface area contributed by atoms with Gasteiger partial charge < -0.3 is 15.0 Å². The monoisotopic (exact) mass is 323 g/mol. The van der Waals surface area contributed by atoms with Crippen LogP contribution in [-0.4, -0.2) is 23.0 Å². The number of nitrogens with zero attached hydrogens (tertiary/aromatic N) is 1. The summed E-state index contributed by atoms with van der Waals surface area (Å²) in [7, 11) is 1.57. The molecule has 0 bridgehead atoms. The summed E-state index contributed by atoms with van der Waals surface area (Å²) in [5.41, 5.74) is 0.526. The second-order valence-corrected chi connectivity index (χ2v) is 4.87. The number of hydrogen-bond donors (Lipinski definition) is 2. The number of amides is 1. The van der Waals surface area contributed by atoms with Gasteiger partial charge in [0.05, 0.1) is 18.7 Å². The van der Waals surface area contributed by atoms with E-state index in [2.05, 4.69) is 31.2 Å². The van der Waals surface area contributed by atoms with E-state index in [1.54, 1.807) is 37.7 Å². The molecule has 1 aromatic heterocycles. The fourth-order valence-electron chi connectivity index (χ4n) is 1.66. The number of benzene rings is 1. The van der Waals surface area contributed by atoms with Crippen LogP contribution in [0.25, 0.3) is 0 Å². The van der Waals surface area contributed by atoms with Crippen molar-refractivity contribution in [3.05, 3.63) is 46.5 Å². The van der Waals surface area contributed by atoms with Crippen molar-refractivity contribution in [3.8, 4) is 5.75 Å². The van der Waals surface area contributed by atoms with E-state index < -0.39 is 0 Å². The maximum Gasteiger partial charge on any atom is 0.253 e. The Kier molecular flexibility index (Phi) is 4.21. The number of aromatic amines is 1. The third kappa shape index (κ3) is 3.14. The van der Waals surface area contributed by atoms with Crippen molar-refractivity contribution in [1.29, 1.82) is 0 Å². The minimum atomic E-state index is -0.194. The largest absolute Gasteiger partial charge is 0.497 e. The van der Waals surface area contributed by atoms with Gasteiger partial charge in [-0.15, -0.1) is 0 Å². The molecule has 0 aliphatic heterocycles. The van der Waals surface area contributed by atoms with E-state index in [1.807, 2.05) is 6.92 Å². The van der Waals surface area contributed by atoms with Crippen molar-refractivity contribution < 1.29 is 9.53 Å². The van der Waals surface area contributed by atoms with E-state index in [-0.39, 0.29) is 11.9 Å². The second-order valence-electron chi connectivity index (χ2n) is 4.02. The molecular formula is C13H14BrN3O2. The van der Waals surface area contributed by atoms with E-state index in [4.69, 9.17) is 4.74 Å². The van der Waals surface area contributed by atoms with Crippen LogP contribution in [0, 0.1) is 0 Å². The number of rotatable bonds is 4. The van der Waals surface area contributed by atoms with E-state index in [9.17, 15) is 4.79 Å². The minimum Gasteiger partial charge on any atom is -0.497 e. The Bertz CT molecular complexity index is 569. The van der Waals surface area contributed by atoms with Gasteiger partial charge >= 0.3 is 0 Å². The highest BCUT2D eigenvalue weighted by molar-refractivity contribution is 9.10. The fourth-order valence-corrected chi connectivity index (χ4v) is 2.09. The zero-order chi connectivity index (χ0) is 13.8. The molecule has 0 aliphatic carbocycles. The fraction of sp³-hybridized carbons (Fsp3) is 0.231. The van der Waals surface area contributed by atoms with Crippen LogP contribution in [0.5, 0.6) is 5.75 Å². The summed E-state index contributed by atoms with van der Waals surface area (Å²) >= 11 is 3.36. The number of imidazole rings is 1. The van der Waals surface area contributed by atoms with Crippen LogP contribution in [-0.2, 0) is 0 Å². The van der Waals surface area contributed by atoms with Crippen molar-refractivity contribution in [1.82, 2.24) is 15.3 Å². The molecule has 0 saturated heterocycles. The summed E-state index contributed by atoms with van der Waals surface area (Å²) in [6.07, 6.45) is 3.37. The summed E-state index contributed by atoms with van der Waals surface area (Å²) in [5, 5.41) is 2.87. The van der Waals surface area contributed by atoms with Crippen molar-refractivity contribution in [3.63, 3.8) is 0 Å². The third-order valence-corrected chi connectivity index (χ3v) is 3.39. The van der Waals surface area contributed by atoms with Gasteiger partial charge in [-0.1, -0.05) is 0 Å². The van der Waals surface area contributed by atoms with Gasteiger partial charge in [-0.2, -0.15) is 0 Å². The molecule has 0 saturated carbocycles. The highest BCUT2D eigenvalue weighted by Crippen LogP contribution is 2.23. The molecule has 1 aromatic carbocycles. The van der Waals surface area contributed by atoms with Gasteiger partial charge in [-0.05, 0) is 41.1 Å².